The molecule has 8 nitrogen and oxygen atoms in total. The fourth-order valence-electron chi connectivity index (χ4n) is 1.78. The second kappa shape index (κ2) is 7.05. The van der Waals surface area contributed by atoms with E-state index in [1.165, 1.54) is 12.1 Å². The molecule has 0 saturated carbocycles. The van der Waals surface area contributed by atoms with Crippen molar-refractivity contribution in [1.29, 1.82) is 0 Å². The van der Waals surface area contributed by atoms with E-state index in [9.17, 15) is 20.0 Å². The van der Waals surface area contributed by atoms with E-state index in [4.69, 9.17) is 0 Å². The average molecular weight is 334 g/mol. The molecule has 0 spiro atoms. The zero-order valence-electron chi connectivity index (χ0n) is 12.4. The Morgan fingerprint density at radius 2 is 2.26 bits per heavy atom. The maximum atomic E-state index is 11.4. The molecule has 2 rings (SSSR count). The summed E-state index contributed by atoms with van der Waals surface area (Å²) in [4.78, 5) is 26.0. The number of nitro benzene ring substituents is 1. The van der Waals surface area contributed by atoms with Crippen molar-refractivity contribution >= 4 is 29.5 Å². The summed E-state index contributed by atoms with van der Waals surface area (Å²) in [6.07, 6.45) is 2.02. The molecule has 2 aromatic rings. The van der Waals surface area contributed by atoms with Crippen LogP contribution in [-0.2, 0) is 11.2 Å². The predicted octanol–water partition coefficient (Wildman–Crippen LogP) is 2.80. The molecule has 0 aliphatic carbocycles. The van der Waals surface area contributed by atoms with Crippen LogP contribution in [0.5, 0.6) is 0 Å². The summed E-state index contributed by atoms with van der Waals surface area (Å²) in [5, 5.41) is 27.2. The van der Waals surface area contributed by atoms with E-state index in [-0.39, 0.29) is 15.7 Å². The van der Waals surface area contributed by atoms with Gasteiger partial charge in [0.15, 0.2) is 0 Å². The van der Waals surface area contributed by atoms with Gasteiger partial charge in [-0.2, -0.15) is 0 Å². The van der Waals surface area contributed by atoms with Crippen molar-refractivity contribution in [3.05, 3.63) is 50.2 Å². The van der Waals surface area contributed by atoms with Crippen LogP contribution in [0.25, 0.3) is 6.08 Å². The van der Waals surface area contributed by atoms with Crippen LogP contribution in [0.4, 0.5) is 5.69 Å². The predicted molar refractivity (Wildman–Crippen MR) is 85.1 cm³/mol. The van der Waals surface area contributed by atoms with Crippen LogP contribution in [0.1, 0.15) is 23.9 Å². The SMILES string of the molecule is CCc1nc(SC(=Cc2ccc(C)c([N+](=O)[O-])c2)C(=O)O)n[nH]1. The zero-order chi connectivity index (χ0) is 17.0. The van der Waals surface area contributed by atoms with Crippen molar-refractivity contribution in [3.8, 4) is 0 Å². The minimum Gasteiger partial charge on any atom is -0.477 e. The number of carboxylic acids is 1. The van der Waals surface area contributed by atoms with Gasteiger partial charge in [0.1, 0.15) is 10.7 Å². The minimum absolute atomic E-state index is 0.0233. The number of hydrogen-bond acceptors (Lipinski definition) is 6. The minimum atomic E-state index is -1.15. The number of nitro groups is 1. The molecule has 0 atom stereocenters. The van der Waals surface area contributed by atoms with Crippen molar-refractivity contribution in [2.24, 2.45) is 0 Å². The van der Waals surface area contributed by atoms with Crippen LogP contribution in [0.3, 0.4) is 0 Å². The number of aryl methyl sites for hydroxylation is 2. The lowest BCUT2D eigenvalue weighted by atomic mass is 10.1. The van der Waals surface area contributed by atoms with Gasteiger partial charge in [-0.15, -0.1) is 5.10 Å². The lowest BCUT2D eigenvalue weighted by Crippen LogP contribution is -1.98. The Morgan fingerprint density at radius 3 is 2.83 bits per heavy atom. The number of aromatic nitrogens is 3. The van der Waals surface area contributed by atoms with E-state index < -0.39 is 10.9 Å². The summed E-state index contributed by atoms with van der Waals surface area (Å²) in [6, 6.07) is 4.55. The summed E-state index contributed by atoms with van der Waals surface area (Å²) < 4.78 is 0. The monoisotopic (exact) mass is 334 g/mol. The molecule has 0 bridgehead atoms. The molecular weight excluding hydrogens is 320 g/mol. The maximum Gasteiger partial charge on any atom is 0.342 e. The average Bonchev–Trinajstić information content (AvgIpc) is 2.95. The van der Waals surface area contributed by atoms with Crippen LogP contribution in [0, 0.1) is 17.0 Å². The molecule has 0 amide bonds. The van der Waals surface area contributed by atoms with Crippen LogP contribution >= 0.6 is 11.8 Å². The summed E-state index contributed by atoms with van der Waals surface area (Å²) in [6.45, 7) is 3.52. The highest BCUT2D eigenvalue weighted by molar-refractivity contribution is 8.04. The summed E-state index contributed by atoms with van der Waals surface area (Å²) >= 11 is 0.885. The van der Waals surface area contributed by atoms with Gasteiger partial charge in [0.25, 0.3) is 5.69 Å². The van der Waals surface area contributed by atoms with Crippen molar-refractivity contribution in [2.45, 2.75) is 25.4 Å². The van der Waals surface area contributed by atoms with Gasteiger partial charge >= 0.3 is 5.97 Å². The van der Waals surface area contributed by atoms with Gasteiger partial charge in [-0.25, -0.2) is 9.78 Å². The summed E-state index contributed by atoms with van der Waals surface area (Å²) in [5.41, 5.74) is 0.885. The topological polar surface area (TPSA) is 122 Å². The third-order valence-electron chi connectivity index (χ3n) is 2.99. The lowest BCUT2D eigenvalue weighted by Gasteiger charge is -2.01. The number of aromatic amines is 1. The van der Waals surface area contributed by atoms with E-state index in [1.54, 1.807) is 19.1 Å². The number of carboxylic acid groups (broad SMARTS) is 1. The van der Waals surface area contributed by atoms with Crippen molar-refractivity contribution in [3.63, 3.8) is 0 Å². The Hall–Kier alpha value is -2.68. The molecule has 0 aliphatic rings. The standard InChI is InChI=1S/C14H14N4O4S/c1-3-12-15-14(17-16-12)23-11(13(19)20)7-9-5-4-8(2)10(6-9)18(21)22/h4-7H,3H2,1-2H3,(H,19,20)(H,15,16,17). The van der Waals surface area contributed by atoms with Crippen LogP contribution in [0.2, 0.25) is 0 Å². The quantitative estimate of drug-likeness (QED) is 0.360. The lowest BCUT2D eigenvalue weighted by molar-refractivity contribution is -0.385. The number of thioether (sulfide) groups is 1. The molecule has 120 valence electrons. The molecule has 1 heterocycles. The van der Waals surface area contributed by atoms with E-state index >= 15 is 0 Å². The van der Waals surface area contributed by atoms with Gasteiger partial charge < -0.3 is 5.11 Å². The van der Waals surface area contributed by atoms with Gasteiger partial charge in [-0.3, -0.25) is 15.2 Å². The second-order valence-electron chi connectivity index (χ2n) is 4.64. The Morgan fingerprint density at radius 1 is 1.52 bits per heavy atom. The number of H-pyrrole nitrogens is 1. The zero-order valence-corrected chi connectivity index (χ0v) is 13.3. The van der Waals surface area contributed by atoms with Crippen LogP contribution < -0.4 is 0 Å². The molecule has 23 heavy (non-hydrogen) atoms. The highest BCUT2D eigenvalue weighted by Gasteiger charge is 2.15. The molecule has 1 aromatic carbocycles. The molecule has 1 aromatic heterocycles. The van der Waals surface area contributed by atoms with Crippen LogP contribution in [-0.4, -0.2) is 31.2 Å². The van der Waals surface area contributed by atoms with Gasteiger partial charge in [0.05, 0.1) is 4.92 Å². The number of rotatable bonds is 6. The molecule has 0 saturated heterocycles. The van der Waals surface area contributed by atoms with Crippen LogP contribution in [0.15, 0.2) is 28.3 Å². The first-order valence-corrected chi connectivity index (χ1v) is 7.51. The smallest absolute Gasteiger partial charge is 0.342 e. The third kappa shape index (κ3) is 4.16. The van der Waals surface area contributed by atoms with Gasteiger partial charge in [0, 0.05) is 18.1 Å². The molecule has 0 radical (unpaired) electrons. The fourth-order valence-corrected chi connectivity index (χ4v) is 2.51. The Labute approximate surface area is 135 Å². The molecular formula is C14H14N4O4S. The van der Waals surface area contributed by atoms with Gasteiger partial charge in [-0.1, -0.05) is 19.1 Å². The number of carbonyl (C=O) groups is 1. The van der Waals surface area contributed by atoms with E-state index in [0.29, 0.717) is 23.4 Å². The largest absolute Gasteiger partial charge is 0.477 e. The fraction of sp³-hybridized carbons (Fsp3) is 0.214. The van der Waals surface area contributed by atoms with Crippen molar-refractivity contribution in [1.82, 2.24) is 15.2 Å². The first-order chi connectivity index (χ1) is 10.9. The Bertz CT molecular complexity index is 785. The Kier molecular flexibility index (Phi) is 5.12. The van der Waals surface area contributed by atoms with E-state index in [0.717, 1.165) is 11.8 Å². The second-order valence-corrected chi connectivity index (χ2v) is 5.65. The Balaban J connectivity index is 2.33. The number of hydrogen-bond donors (Lipinski definition) is 2. The summed E-state index contributed by atoms with van der Waals surface area (Å²) in [5.74, 6) is -0.496. The highest BCUT2D eigenvalue weighted by Crippen LogP contribution is 2.27. The summed E-state index contributed by atoms with van der Waals surface area (Å²) in [7, 11) is 0. The molecule has 0 aliphatic heterocycles. The van der Waals surface area contributed by atoms with E-state index in [2.05, 4.69) is 15.2 Å². The number of aliphatic carboxylic acids is 1. The first-order valence-electron chi connectivity index (χ1n) is 6.70. The molecule has 0 unspecified atom stereocenters. The number of benzene rings is 1. The highest BCUT2D eigenvalue weighted by atomic mass is 32.2. The van der Waals surface area contributed by atoms with E-state index in [1.807, 2.05) is 6.92 Å². The molecule has 9 heteroatoms. The number of nitrogens with one attached hydrogen (secondary N) is 1. The first kappa shape index (κ1) is 16.7. The van der Waals surface area contributed by atoms with Gasteiger partial charge in [0.2, 0.25) is 5.16 Å². The molecule has 2 N–H and O–H groups in total. The molecule has 0 fully saturated rings. The van der Waals surface area contributed by atoms with Crippen molar-refractivity contribution < 1.29 is 14.8 Å². The third-order valence-corrected chi connectivity index (χ3v) is 3.86. The normalized spacial score (nSPS) is 11.5. The maximum absolute atomic E-state index is 11.4. The van der Waals surface area contributed by atoms with Gasteiger partial charge in [-0.05, 0) is 30.3 Å². The number of nitrogens with zero attached hydrogens (tertiary/aromatic N) is 3. The van der Waals surface area contributed by atoms with Crippen molar-refractivity contribution in [2.75, 3.05) is 0 Å².